The average molecular weight is 205 g/mol. The SMILES string of the molecule is CC(C)C(F)c1nc(N)nc(Cl)n1. The Morgan fingerprint density at radius 3 is 2.38 bits per heavy atom. The first kappa shape index (κ1) is 10.1. The summed E-state index contributed by atoms with van der Waals surface area (Å²) in [6.07, 6.45) is -1.26. The van der Waals surface area contributed by atoms with E-state index in [-0.39, 0.29) is 23.0 Å². The molecule has 1 aromatic rings. The third-order valence-electron chi connectivity index (χ3n) is 1.47. The van der Waals surface area contributed by atoms with Crippen LogP contribution in [0.3, 0.4) is 0 Å². The van der Waals surface area contributed by atoms with Crippen molar-refractivity contribution in [1.82, 2.24) is 15.0 Å². The van der Waals surface area contributed by atoms with E-state index in [1.165, 1.54) is 0 Å². The van der Waals surface area contributed by atoms with Gasteiger partial charge in [0.05, 0.1) is 0 Å². The molecule has 1 unspecified atom stereocenters. The predicted octanol–water partition coefficient (Wildman–Crippen LogP) is 1.77. The van der Waals surface area contributed by atoms with E-state index in [4.69, 9.17) is 17.3 Å². The lowest BCUT2D eigenvalue weighted by Crippen LogP contribution is -2.09. The summed E-state index contributed by atoms with van der Waals surface area (Å²) in [4.78, 5) is 10.8. The van der Waals surface area contributed by atoms with Crippen LogP contribution in [0.5, 0.6) is 0 Å². The van der Waals surface area contributed by atoms with Crippen LogP contribution < -0.4 is 5.73 Å². The first-order valence-electron chi connectivity index (χ1n) is 3.81. The van der Waals surface area contributed by atoms with Crippen molar-refractivity contribution in [1.29, 1.82) is 0 Å². The lowest BCUT2D eigenvalue weighted by molar-refractivity contribution is 0.248. The van der Waals surface area contributed by atoms with Crippen LogP contribution >= 0.6 is 11.6 Å². The molecule has 13 heavy (non-hydrogen) atoms. The van der Waals surface area contributed by atoms with Crippen LogP contribution in [0.15, 0.2) is 0 Å². The summed E-state index contributed by atoms with van der Waals surface area (Å²) in [6.45, 7) is 3.44. The molecule has 0 saturated carbocycles. The van der Waals surface area contributed by atoms with Crippen LogP contribution in [0.1, 0.15) is 25.8 Å². The topological polar surface area (TPSA) is 64.7 Å². The van der Waals surface area contributed by atoms with Crippen molar-refractivity contribution in [3.8, 4) is 0 Å². The molecule has 0 spiro atoms. The summed E-state index contributed by atoms with van der Waals surface area (Å²) in [6, 6.07) is 0. The van der Waals surface area contributed by atoms with Gasteiger partial charge in [0.1, 0.15) is 0 Å². The summed E-state index contributed by atoms with van der Waals surface area (Å²) < 4.78 is 13.4. The Morgan fingerprint density at radius 1 is 1.31 bits per heavy atom. The highest BCUT2D eigenvalue weighted by molar-refractivity contribution is 6.28. The second-order valence-electron chi connectivity index (χ2n) is 2.97. The number of hydrogen-bond acceptors (Lipinski definition) is 4. The maximum Gasteiger partial charge on any atom is 0.227 e. The molecule has 6 heteroatoms. The zero-order valence-electron chi connectivity index (χ0n) is 7.33. The molecule has 1 heterocycles. The summed E-state index contributed by atoms with van der Waals surface area (Å²) in [5.74, 6) is -0.274. The molecule has 1 atom stereocenters. The third-order valence-corrected chi connectivity index (χ3v) is 1.64. The highest BCUT2D eigenvalue weighted by atomic mass is 35.5. The van der Waals surface area contributed by atoms with Gasteiger partial charge in [-0.25, -0.2) is 4.39 Å². The quantitative estimate of drug-likeness (QED) is 0.798. The van der Waals surface area contributed by atoms with Gasteiger partial charge in [-0.1, -0.05) is 13.8 Å². The minimum absolute atomic E-state index is 0.00694. The fraction of sp³-hybridized carbons (Fsp3) is 0.571. The van der Waals surface area contributed by atoms with Crippen LogP contribution in [0.25, 0.3) is 0 Å². The van der Waals surface area contributed by atoms with Crippen LogP contribution in [-0.2, 0) is 0 Å². The zero-order chi connectivity index (χ0) is 10.0. The van der Waals surface area contributed by atoms with Crippen molar-refractivity contribution in [2.75, 3.05) is 5.73 Å². The molecule has 0 aliphatic heterocycles. The number of nitrogens with two attached hydrogens (primary N) is 1. The van der Waals surface area contributed by atoms with Crippen molar-refractivity contribution in [3.05, 3.63) is 11.1 Å². The van der Waals surface area contributed by atoms with Crippen molar-refractivity contribution < 1.29 is 4.39 Å². The van der Waals surface area contributed by atoms with E-state index in [1.54, 1.807) is 13.8 Å². The van der Waals surface area contributed by atoms with Gasteiger partial charge in [0, 0.05) is 0 Å². The van der Waals surface area contributed by atoms with Crippen LogP contribution in [-0.4, -0.2) is 15.0 Å². The van der Waals surface area contributed by atoms with E-state index in [1.807, 2.05) is 0 Å². The number of rotatable bonds is 2. The molecule has 72 valence electrons. The number of anilines is 1. The van der Waals surface area contributed by atoms with Gasteiger partial charge in [0.25, 0.3) is 0 Å². The van der Waals surface area contributed by atoms with Gasteiger partial charge in [-0.2, -0.15) is 15.0 Å². The van der Waals surface area contributed by atoms with Gasteiger partial charge in [-0.3, -0.25) is 0 Å². The van der Waals surface area contributed by atoms with Gasteiger partial charge in [0.15, 0.2) is 12.0 Å². The summed E-state index contributed by atoms with van der Waals surface area (Å²) in [7, 11) is 0. The Hall–Kier alpha value is -0.970. The smallest absolute Gasteiger partial charge is 0.227 e. The van der Waals surface area contributed by atoms with E-state index >= 15 is 0 Å². The van der Waals surface area contributed by atoms with Gasteiger partial charge in [0.2, 0.25) is 11.2 Å². The first-order chi connectivity index (χ1) is 6.00. The number of alkyl halides is 1. The molecular formula is C7H10ClFN4. The normalized spacial score (nSPS) is 13.3. The van der Waals surface area contributed by atoms with Crippen LogP contribution in [0.2, 0.25) is 5.28 Å². The molecule has 0 aromatic carbocycles. The molecule has 0 radical (unpaired) electrons. The van der Waals surface area contributed by atoms with Crippen molar-refractivity contribution in [3.63, 3.8) is 0 Å². The molecule has 0 aliphatic carbocycles. The molecule has 2 N–H and O–H groups in total. The Labute approximate surface area is 80.4 Å². The average Bonchev–Trinajstić information content (AvgIpc) is 2.01. The summed E-state index contributed by atoms with van der Waals surface area (Å²) in [5.41, 5.74) is 5.28. The summed E-state index contributed by atoms with van der Waals surface area (Å²) >= 11 is 5.49. The van der Waals surface area contributed by atoms with E-state index in [2.05, 4.69) is 15.0 Å². The van der Waals surface area contributed by atoms with Gasteiger partial charge < -0.3 is 5.73 Å². The van der Waals surface area contributed by atoms with E-state index < -0.39 is 6.17 Å². The molecule has 1 aromatic heterocycles. The molecule has 0 fully saturated rings. The fourth-order valence-corrected chi connectivity index (χ4v) is 0.976. The molecule has 0 bridgehead atoms. The molecule has 1 rings (SSSR count). The lowest BCUT2D eigenvalue weighted by atomic mass is 10.1. The molecule has 0 aliphatic rings. The van der Waals surface area contributed by atoms with Gasteiger partial charge >= 0.3 is 0 Å². The van der Waals surface area contributed by atoms with Crippen LogP contribution in [0, 0.1) is 5.92 Å². The Balaban J connectivity index is 3.01. The number of aromatic nitrogens is 3. The van der Waals surface area contributed by atoms with E-state index in [9.17, 15) is 4.39 Å². The third kappa shape index (κ3) is 2.48. The maximum absolute atomic E-state index is 13.4. The lowest BCUT2D eigenvalue weighted by Gasteiger charge is -2.09. The summed E-state index contributed by atoms with van der Waals surface area (Å²) in [5, 5.41) is -0.0780. The van der Waals surface area contributed by atoms with Gasteiger partial charge in [-0.15, -0.1) is 0 Å². The van der Waals surface area contributed by atoms with Crippen molar-refractivity contribution in [2.45, 2.75) is 20.0 Å². The standard InChI is InChI=1S/C7H10ClFN4/c1-3(2)4(9)5-11-6(8)13-7(10)12-5/h3-4H,1-2H3,(H2,10,11,12,13). The number of halogens is 2. The molecule has 4 nitrogen and oxygen atoms in total. The second-order valence-corrected chi connectivity index (χ2v) is 3.30. The van der Waals surface area contributed by atoms with Gasteiger partial charge in [-0.05, 0) is 17.5 Å². The number of hydrogen-bond donors (Lipinski definition) is 1. The predicted molar refractivity (Wildman–Crippen MR) is 47.9 cm³/mol. The Bertz CT molecular complexity index is 284. The minimum atomic E-state index is -1.26. The number of nitrogen functional groups attached to an aromatic ring is 1. The van der Waals surface area contributed by atoms with Crippen LogP contribution in [0.4, 0.5) is 10.3 Å². The molecule has 0 saturated heterocycles. The molecule has 0 amide bonds. The minimum Gasteiger partial charge on any atom is -0.368 e. The largest absolute Gasteiger partial charge is 0.368 e. The van der Waals surface area contributed by atoms with Crippen molar-refractivity contribution in [2.24, 2.45) is 5.92 Å². The fourth-order valence-electron chi connectivity index (χ4n) is 0.803. The zero-order valence-corrected chi connectivity index (χ0v) is 8.09. The first-order valence-corrected chi connectivity index (χ1v) is 4.19. The van der Waals surface area contributed by atoms with E-state index in [0.29, 0.717) is 0 Å². The highest BCUT2D eigenvalue weighted by Crippen LogP contribution is 2.23. The monoisotopic (exact) mass is 204 g/mol. The Kier molecular flexibility index (Phi) is 2.98. The number of nitrogens with zero attached hydrogens (tertiary/aromatic N) is 3. The second kappa shape index (κ2) is 3.83. The van der Waals surface area contributed by atoms with E-state index in [0.717, 1.165) is 0 Å². The highest BCUT2D eigenvalue weighted by Gasteiger charge is 2.18. The molecular weight excluding hydrogens is 195 g/mol. The Morgan fingerprint density at radius 2 is 1.92 bits per heavy atom. The maximum atomic E-state index is 13.4. The van der Waals surface area contributed by atoms with Crippen molar-refractivity contribution >= 4 is 17.5 Å².